The minimum Gasteiger partial charge on any atom is -0.508 e. The van der Waals surface area contributed by atoms with E-state index < -0.39 is 8.07 Å². The second-order valence-electron chi connectivity index (χ2n) is 7.47. The molecule has 0 bridgehead atoms. The first-order valence-electron chi connectivity index (χ1n) is 8.34. The van der Waals surface area contributed by atoms with Gasteiger partial charge < -0.3 is 9.84 Å². The summed E-state index contributed by atoms with van der Waals surface area (Å²) in [5.41, 5.74) is 7.08. The van der Waals surface area contributed by atoms with Crippen LogP contribution in [0, 0.1) is 6.92 Å². The number of hydrogen-bond acceptors (Lipinski definition) is 4. The molecule has 0 saturated heterocycles. The molecule has 4 rings (SSSR count). The van der Waals surface area contributed by atoms with Gasteiger partial charge in [-0.2, -0.15) is 0 Å². The summed E-state index contributed by atoms with van der Waals surface area (Å²) in [6, 6.07) is 11.4. The number of rotatable bonds is 1. The van der Waals surface area contributed by atoms with Crippen molar-refractivity contribution in [3.8, 4) is 22.8 Å². The summed E-state index contributed by atoms with van der Waals surface area (Å²) in [6.07, 6.45) is 0. The van der Waals surface area contributed by atoms with Crippen LogP contribution in [0.2, 0.25) is 19.6 Å². The van der Waals surface area contributed by atoms with Crippen molar-refractivity contribution in [3.63, 3.8) is 0 Å². The van der Waals surface area contributed by atoms with E-state index in [2.05, 4.69) is 25.3 Å². The fourth-order valence-electron chi connectivity index (χ4n) is 3.01. The van der Waals surface area contributed by atoms with Crippen molar-refractivity contribution < 1.29 is 9.84 Å². The van der Waals surface area contributed by atoms with Crippen LogP contribution in [0.1, 0.15) is 11.3 Å². The molecule has 126 valence electrons. The Morgan fingerprint density at radius 3 is 2.24 bits per heavy atom. The predicted molar refractivity (Wildman–Crippen MR) is 103 cm³/mol. The molecule has 1 aliphatic heterocycles. The van der Waals surface area contributed by atoms with Crippen LogP contribution in [0.25, 0.3) is 28.0 Å². The van der Waals surface area contributed by atoms with Crippen LogP contribution in [0.3, 0.4) is 0 Å². The molecule has 1 aliphatic rings. The molecule has 0 saturated carbocycles. The Morgan fingerprint density at radius 1 is 0.960 bits per heavy atom. The van der Waals surface area contributed by atoms with Crippen molar-refractivity contribution in [1.82, 2.24) is 9.97 Å². The lowest BCUT2D eigenvalue weighted by molar-refractivity contribution is 0.456. The van der Waals surface area contributed by atoms with Gasteiger partial charge in [0, 0.05) is 11.1 Å². The molecule has 0 spiro atoms. The van der Waals surface area contributed by atoms with E-state index in [0.29, 0.717) is 5.75 Å². The molecule has 0 amide bonds. The zero-order valence-corrected chi connectivity index (χ0v) is 15.8. The van der Waals surface area contributed by atoms with E-state index in [1.54, 1.807) is 6.07 Å². The summed E-state index contributed by atoms with van der Waals surface area (Å²) >= 11 is 0. The highest BCUT2D eigenvalue weighted by Gasteiger charge is 2.29. The average molecular weight is 348 g/mol. The maximum atomic E-state index is 10.1. The van der Waals surface area contributed by atoms with E-state index in [4.69, 9.17) is 14.7 Å². The molecule has 25 heavy (non-hydrogen) atoms. The Kier molecular flexibility index (Phi) is 3.44. The molecule has 1 aromatic heterocycles. The fraction of sp³-hybridized carbons (Fsp3) is 0.200. The van der Waals surface area contributed by atoms with E-state index >= 15 is 0 Å². The van der Waals surface area contributed by atoms with Gasteiger partial charge in [-0.15, -0.1) is 0 Å². The molecule has 3 aromatic rings. The number of nitrogens with zero attached hydrogens (tertiary/aromatic N) is 2. The molecular formula is C20H20N2O2Si. The van der Waals surface area contributed by atoms with Crippen LogP contribution in [-0.4, -0.2) is 23.1 Å². The third-order valence-corrected chi connectivity index (χ3v) is 5.34. The first-order valence-corrected chi connectivity index (χ1v) is 11.9. The lowest BCUT2D eigenvalue weighted by Gasteiger charge is -2.25. The summed E-state index contributed by atoms with van der Waals surface area (Å²) in [7, 11) is -1.55. The van der Waals surface area contributed by atoms with Gasteiger partial charge in [0.1, 0.15) is 28.6 Å². The second kappa shape index (κ2) is 5.42. The summed E-state index contributed by atoms with van der Waals surface area (Å²) in [4.78, 5) is 9.69. The van der Waals surface area contributed by atoms with E-state index in [9.17, 15) is 5.11 Å². The molecule has 0 radical (unpaired) electrons. The number of para-hydroxylation sites is 2. The van der Waals surface area contributed by atoms with Gasteiger partial charge in [-0.05, 0) is 31.2 Å². The van der Waals surface area contributed by atoms with Crippen LogP contribution in [0.15, 0.2) is 42.1 Å². The number of phenols is 1. The van der Waals surface area contributed by atoms with E-state index in [1.165, 1.54) is 0 Å². The Morgan fingerprint density at radius 2 is 1.60 bits per heavy atom. The highest BCUT2D eigenvalue weighted by atomic mass is 28.3. The monoisotopic (exact) mass is 348 g/mol. The number of hydrogen-bond donors (Lipinski definition) is 1. The van der Waals surface area contributed by atoms with E-state index in [0.717, 1.165) is 39.3 Å². The Labute approximate surface area is 147 Å². The summed E-state index contributed by atoms with van der Waals surface area (Å²) in [5, 5.41) is 10.1. The van der Waals surface area contributed by atoms with Gasteiger partial charge in [-0.3, -0.25) is 0 Å². The fourth-order valence-corrected chi connectivity index (χ4v) is 3.99. The average Bonchev–Trinajstić information content (AvgIpc) is 2.56. The summed E-state index contributed by atoms with van der Waals surface area (Å²) in [5.74, 6) is 1.64. The molecule has 0 atom stereocenters. The number of phenolic OH excluding ortho intramolecular Hbond substituents is 1. The Bertz CT molecular complexity index is 1040. The summed E-state index contributed by atoms with van der Waals surface area (Å²) < 4.78 is 6.23. The largest absolute Gasteiger partial charge is 0.508 e. The third kappa shape index (κ3) is 2.70. The highest BCUT2D eigenvalue weighted by molar-refractivity contribution is 6.81. The van der Waals surface area contributed by atoms with Crippen molar-refractivity contribution in [1.29, 1.82) is 0 Å². The maximum absolute atomic E-state index is 10.1. The van der Waals surface area contributed by atoms with Crippen molar-refractivity contribution in [2.75, 3.05) is 0 Å². The third-order valence-electron chi connectivity index (χ3n) is 4.21. The molecule has 1 N–H and O–H groups in total. The lowest BCUT2D eigenvalue weighted by Crippen LogP contribution is -2.20. The van der Waals surface area contributed by atoms with Gasteiger partial charge in [-0.1, -0.05) is 37.5 Å². The van der Waals surface area contributed by atoms with Gasteiger partial charge in [0.2, 0.25) is 0 Å². The van der Waals surface area contributed by atoms with Gasteiger partial charge in [-0.25, -0.2) is 9.97 Å². The predicted octanol–water partition coefficient (Wildman–Crippen LogP) is 4.92. The van der Waals surface area contributed by atoms with Crippen molar-refractivity contribution >= 4 is 24.9 Å². The number of ether oxygens (including phenoxy) is 1. The molecule has 4 nitrogen and oxygen atoms in total. The van der Waals surface area contributed by atoms with Crippen LogP contribution < -0.4 is 4.74 Å². The van der Waals surface area contributed by atoms with Crippen LogP contribution in [0.4, 0.5) is 0 Å². The van der Waals surface area contributed by atoms with Gasteiger partial charge in [0.05, 0.1) is 19.1 Å². The van der Waals surface area contributed by atoms with Gasteiger partial charge in [0.25, 0.3) is 0 Å². The SMILES string of the molecule is Cc1c(O)ccc2c1O/C(=C\[Si](C)(C)C)c1nc3ccccc3nc1-2. The topological polar surface area (TPSA) is 55.2 Å². The normalized spacial score (nSPS) is 15.0. The summed E-state index contributed by atoms with van der Waals surface area (Å²) in [6.45, 7) is 8.62. The molecular weight excluding hydrogens is 328 g/mol. The molecule has 2 heterocycles. The van der Waals surface area contributed by atoms with Crippen molar-refractivity contribution in [2.45, 2.75) is 26.6 Å². The minimum absolute atomic E-state index is 0.225. The Balaban J connectivity index is 2.08. The van der Waals surface area contributed by atoms with Crippen molar-refractivity contribution in [2.24, 2.45) is 0 Å². The first kappa shape index (κ1) is 15.8. The smallest absolute Gasteiger partial charge is 0.147 e. The van der Waals surface area contributed by atoms with Gasteiger partial charge in [0.15, 0.2) is 0 Å². The number of benzene rings is 2. The minimum atomic E-state index is -1.55. The molecule has 0 unspecified atom stereocenters. The second-order valence-corrected chi connectivity index (χ2v) is 12.5. The Hall–Kier alpha value is -2.66. The zero-order chi connectivity index (χ0) is 17.8. The molecule has 0 aliphatic carbocycles. The molecule has 5 heteroatoms. The number of aromatic hydroxyl groups is 1. The first-order chi connectivity index (χ1) is 11.8. The van der Waals surface area contributed by atoms with Crippen LogP contribution in [0.5, 0.6) is 11.5 Å². The maximum Gasteiger partial charge on any atom is 0.147 e. The quantitative estimate of drug-likeness (QED) is 0.634. The van der Waals surface area contributed by atoms with Crippen LogP contribution >= 0.6 is 0 Å². The van der Waals surface area contributed by atoms with E-state index in [-0.39, 0.29) is 5.75 Å². The number of aromatic nitrogens is 2. The number of fused-ring (bicyclic) bond motifs is 4. The lowest BCUT2D eigenvalue weighted by atomic mass is 10.0. The van der Waals surface area contributed by atoms with Crippen LogP contribution in [-0.2, 0) is 0 Å². The highest BCUT2D eigenvalue weighted by Crippen LogP contribution is 2.45. The zero-order valence-electron chi connectivity index (χ0n) is 14.8. The van der Waals surface area contributed by atoms with E-state index in [1.807, 2.05) is 37.3 Å². The molecule has 2 aromatic carbocycles. The standard InChI is InChI=1S/C20H20N2O2Si/c1-12-16(23)10-9-13-18-19(17(24-20(12)13)11-25(2,3)4)22-15-8-6-5-7-14(15)21-18/h5-11,23H,1-4H3/b17-11-. The molecule has 0 fully saturated rings. The van der Waals surface area contributed by atoms with Crippen molar-refractivity contribution in [3.05, 3.63) is 53.4 Å². The van der Waals surface area contributed by atoms with Gasteiger partial charge >= 0.3 is 0 Å².